The van der Waals surface area contributed by atoms with Crippen LogP contribution in [0.1, 0.15) is 28.9 Å². The van der Waals surface area contributed by atoms with Gasteiger partial charge in [0.15, 0.2) is 0 Å². The van der Waals surface area contributed by atoms with Gasteiger partial charge in [-0.1, -0.05) is 0 Å². The van der Waals surface area contributed by atoms with E-state index in [1.54, 1.807) is 0 Å². The van der Waals surface area contributed by atoms with Crippen LogP contribution in [0.25, 0.3) is 0 Å². The summed E-state index contributed by atoms with van der Waals surface area (Å²) in [5, 5.41) is 0. The minimum absolute atomic E-state index is 0.130. The molecule has 5 nitrogen and oxygen atoms in total. The number of aryl methyl sites for hydroxylation is 1. The average Bonchev–Trinajstić information content (AvgIpc) is 3.17. The highest BCUT2D eigenvalue weighted by molar-refractivity contribution is 5.95. The van der Waals surface area contributed by atoms with E-state index < -0.39 is 0 Å². The summed E-state index contributed by atoms with van der Waals surface area (Å²) in [6, 6.07) is 1.88. The first-order valence-electron chi connectivity index (χ1n) is 7.87. The summed E-state index contributed by atoms with van der Waals surface area (Å²) in [6.45, 7) is 6.16. The van der Waals surface area contributed by atoms with E-state index in [0.29, 0.717) is 12.5 Å². The van der Waals surface area contributed by atoms with Crippen LogP contribution in [-0.4, -0.2) is 66.6 Å². The molecule has 1 aromatic rings. The van der Waals surface area contributed by atoms with Crippen molar-refractivity contribution in [3.05, 3.63) is 23.5 Å². The third-order valence-corrected chi connectivity index (χ3v) is 4.41. The number of nitrogens with zero attached hydrogens (tertiary/aromatic N) is 2. The van der Waals surface area contributed by atoms with Crippen LogP contribution in [0.5, 0.6) is 0 Å². The molecular weight excluding hydrogens is 266 g/mol. The Morgan fingerprint density at radius 3 is 2.90 bits per heavy atom. The summed E-state index contributed by atoms with van der Waals surface area (Å²) in [4.78, 5) is 20.2. The summed E-state index contributed by atoms with van der Waals surface area (Å²) in [5.74, 6) is 0.826. The van der Waals surface area contributed by atoms with Crippen LogP contribution in [0.2, 0.25) is 0 Å². The third kappa shape index (κ3) is 3.66. The first kappa shape index (κ1) is 14.6. The molecule has 0 radical (unpaired) electrons. The molecule has 2 aliphatic rings. The smallest absolute Gasteiger partial charge is 0.255 e. The lowest BCUT2D eigenvalue weighted by molar-refractivity contribution is -0.0331. The number of hydrogen-bond donors (Lipinski definition) is 1. The number of ether oxygens (including phenoxy) is 1. The van der Waals surface area contributed by atoms with Gasteiger partial charge in [-0.15, -0.1) is 0 Å². The largest absolute Gasteiger partial charge is 0.374 e. The number of H-pyrrole nitrogens is 1. The Morgan fingerprint density at radius 2 is 2.29 bits per heavy atom. The maximum atomic E-state index is 12.8. The number of rotatable bonds is 5. The monoisotopic (exact) mass is 291 g/mol. The predicted octanol–water partition coefficient (Wildman–Crippen LogP) is 1.51. The van der Waals surface area contributed by atoms with Crippen molar-refractivity contribution in [2.24, 2.45) is 5.92 Å². The van der Waals surface area contributed by atoms with Crippen LogP contribution < -0.4 is 0 Å². The van der Waals surface area contributed by atoms with Crippen molar-refractivity contribution in [3.8, 4) is 0 Å². The van der Waals surface area contributed by atoms with Crippen molar-refractivity contribution in [1.82, 2.24) is 14.8 Å². The average molecular weight is 291 g/mol. The zero-order valence-corrected chi connectivity index (χ0v) is 13.0. The number of aromatic amines is 1. The van der Waals surface area contributed by atoms with Gasteiger partial charge in [-0.25, -0.2) is 0 Å². The molecule has 2 heterocycles. The Labute approximate surface area is 126 Å². The number of aromatic nitrogens is 1. The van der Waals surface area contributed by atoms with Gasteiger partial charge in [0, 0.05) is 38.1 Å². The molecule has 2 fully saturated rings. The minimum Gasteiger partial charge on any atom is -0.374 e. The highest BCUT2D eigenvalue weighted by atomic mass is 16.5. The molecule has 1 N–H and O–H groups in total. The van der Waals surface area contributed by atoms with Gasteiger partial charge in [0.05, 0.1) is 18.3 Å². The number of amides is 1. The second kappa shape index (κ2) is 6.20. The zero-order chi connectivity index (χ0) is 14.8. The second-order valence-electron chi connectivity index (χ2n) is 6.42. The maximum absolute atomic E-state index is 12.8. The highest BCUT2D eigenvalue weighted by Crippen LogP contribution is 2.30. The number of carbonyl (C=O) groups is 1. The number of likely N-dealkylation sites (N-methyl/N-ethyl adjacent to an activating group) is 1. The Kier molecular flexibility index (Phi) is 4.31. The molecular formula is C16H25N3O2. The normalized spacial score (nSPS) is 23.2. The van der Waals surface area contributed by atoms with Crippen molar-refractivity contribution < 1.29 is 9.53 Å². The van der Waals surface area contributed by atoms with Gasteiger partial charge in [-0.2, -0.15) is 0 Å². The molecule has 1 aliphatic heterocycles. The zero-order valence-electron chi connectivity index (χ0n) is 13.0. The van der Waals surface area contributed by atoms with Crippen LogP contribution >= 0.6 is 0 Å². The van der Waals surface area contributed by atoms with E-state index in [4.69, 9.17) is 4.74 Å². The first-order chi connectivity index (χ1) is 10.1. The van der Waals surface area contributed by atoms with Crippen LogP contribution in [-0.2, 0) is 4.74 Å². The van der Waals surface area contributed by atoms with Crippen molar-refractivity contribution >= 4 is 5.91 Å². The lowest BCUT2D eigenvalue weighted by Gasteiger charge is -2.34. The third-order valence-electron chi connectivity index (χ3n) is 4.41. The van der Waals surface area contributed by atoms with Gasteiger partial charge in [0.2, 0.25) is 0 Å². The van der Waals surface area contributed by atoms with Gasteiger partial charge in [-0.3, -0.25) is 4.79 Å². The molecule has 1 aromatic heterocycles. The number of morpholine rings is 1. The molecule has 1 unspecified atom stereocenters. The van der Waals surface area contributed by atoms with Gasteiger partial charge in [0.1, 0.15) is 0 Å². The van der Waals surface area contributed by atoms with Crippen molar-refractivity contribution in [3.63, 3.8) is 0 Å². The van der Waals surface area contributed by atoms with Crippen molar-refractivity contribution in [2.75, 3.05) is 39.8 Å². The number of hydrogen-bond acceptors (Lipinski definition) is 3. The van der Waals surface area contributed by atoms with E-state index in [1.807, 2.05) is 24.1 Å². The SMILES string of the molecule is Cc1[nH]ccc1C(=O)N(CC1CC1)CC1CN(C)CCO1. The first-order valence-corrected chi connectivity index (χ1v) is 7.87. The molecule has 0 bridgehead atoms. The molecule has 1 atom stereocenters. The minimum atomic E-state index is 0.130. The number of nitrogens with one attached hydrogen (secondary N) is 1. The van der Waals surface area contributed by atoms with Crippen LogP contribution in [0.15, 0.2) is 12.3 Å². The van der Waals surface area contributed by atoms with Gasteiger partial charge >= 0.3 is 0 Å². The summed E-state index contributed by atoms with van der Waals surface area (Å²) in [6.07, 6.45) is 4.47. The van der Waals surface area contributed by atoms with E-state index in [-0.39, 0.29) is 12.0 Å². The molecule has 3 rings (SSSR count). The summed E-state index contributed by atoms with van der Waals surface area (Å²) in [5.41, 5.74) is 1.74. The Balaban J connectivity index is 1.68. The van der Waals surface area contributed by atoms with Crippen LogP contribution in [0.4, 0.5) is 0 Å². The molecule has 0 aromatic carbocycles. The molecule has 1 saturated heterocycles. The lowest BCUT2D eigenvalue weighted by atomic mass is 10.2. The number of carbonyl (C=O) groups excluding carboxylic acids is 1. The molecule has 1 amide bonds. The summed E-state index contributed by atoms with van der Waals surface area (Å²) in [7, 11) is 2.11. The van der Waals surface area contributed by atoms with E-state index in [1.165, 1.54) is 12.8 Å². The molecule has 0 spiro atoms. The van der Waals surface area contributed by atoms with Crippen LogP contribution in [0, 0.1) is 12.8 Å². The Morgan fingerprint density at radius 1 is 1.48 bits per heavy atom. The van der Waals surface area contributed by atoms with Crippen molar-refractivity contribution in [1.29, 1.82) is 0 Å². The standard InChI is InChI=1S/C16H25N3O2/c1-12-15(5-6-17-12)16(20)19(9-13-3-4-13)11-14-10-18(2)7-8-21-14/h5-6,13-14,17H,3-4,7-11H2,1-2H3. The fraction of sp³-hybridized carbons (Fsp3) is 0.688. The molecule has 1 saturated carbocycles. The molecule has 21 heavy (non-hydrogen) atoms. The van der Waals surface area contributed by atoms with E-state index >= 15 is 0 Å². The maximum Gasteiger partial charge on any atom is 0.255 e. The van der Waals surface area contributed by atoms with E-state index in [0.717, 1.165) is 37.5 Å². The quantitative estimate of drug-likeness (QED) is 0.894. The molecule has 116 valence electrons. The topological polar surface area (TPSA) is 48.6 Å². The second-order valence-corrected chi connectivity index (χ2v) is 6.42. The van der Waals surface area contributed by atoms with Gasteiger partial charge in [0.25, 0.3) is 5.91 Å². The van der Waals surface area contributed by atoms with Gasteiger partial charge < -0.3 is 19.5 Å². The van der Waals surface area contributed by atoms with E-state index in [9.17, 15) is 4.79 Å². The Bertz CT molecular complexity index is 495. The molecule has 5 heteroatoms. The lowest BCUT2D eigenvalue weighted by Crippen LogP contribution is -2.48. The van der Waals surface area contributed by atoms with Crippen LogP contribution in [0.3, 0.4) is 0 Å². The van der Waals surface area contributed by atoms with Gasteiger partial charge in [-0.05, 0) is 38.8 Å². The predicted molar refractivity (Wildman–Crippen MR) is 81.4 cm³/mol. The highest BCUT2D eigenvalue weighted by Gasteiger charge is 2.30. The molecule has 1 aliphatic carbocycles. The fourth-order valence-electron chi connectivity index (χ4n) is 2.93. The van der Waals surface area contributed by atoms with Crippen molar-refractivity contribution in [2.45, 2.75) is 25.9 Å². The Hall–Kier alpha value is -1.33. The summed E-state index contributed by atoms with van der Waals surface area (Å²) < 4.78 is 5.84. The summed E-state index contributed by atoms with van der Waals surface area (Å²) >= 11 is 0. The fourth-order valence-corrected chi connectivity index (χ4v) is 2.93. The van der Waals surface area contributed by atoms with E-state index in [2.05, 4.69) is 16.9 Å².